The molecule has 92 valence electrons. The lowest BCUT2D eigenvalue weighted by Gasteiger charge is -2.04. The number of nitrogens with zero attached hydrogens (tertiary/aromatic N) is 1. The smallest absolute Gasteiger partial charge is 0.155 e. The number of rotatable bonds is 3. The highest BCUT2D eigenvalue weighted by Gasteiger charge is 2.13. The minimum Gasteiger partial charge on any atom is -0.347 e. The molecule has 0 atom stereocenters. The van der Waals surface area contributed by atoms with Gasteiger partial charge in [-0.3, -0.25) is 0 Å². The molecule has 3 nitrogen and oxygen atoms in total. The van der Waals surface area contributed by atoms with Crippen LogP contribution < -0.4 is 0 Å². The molecule has 0 fully saturated rings. The fourth-order valence-electron chi connectivity index (χ4n) is 1.99. The van der Waals surface area contributed by atoms with Gasteiger partial charge in [0.15, 0.2) is 9.84 Å². The third-order valence-electron chi connectivity index (χ3n) is 3.10. The topological polar surface area (TPSA) is 39.1 Å². The highest BCUT2D eigenvalue weighted by atomic mass is 32.2. The Morgan fingerprint density at radius 3 is 2.59 bits per heavy atom. The molecule has 0 bridgehead atoms. The zero-order chi connectivity index (χ0) is 12.6. The van der Waals surface area contributed by atoms with Crippen molar-refractivity contribution >= 4 is 20.7 Å². The van der Waals surface area contributed by atoms with Crippen LogP contribution in [0.3, 0.4) is 0 Å². The van der Waals surface area contributed by atoms with E-state index in [-0.39, 0.29) is 11.5 Å². The Balaban J connectivity index is 2.53. The summed E-state index contributed by atoms with van der Waals surface area (Å²) >= 11 is 0. The molecule has 0 aliphatic carbocycles. The number of hydrogen-bond donors (Lipinski definition) is 0. The maximum absolute atomic E-state index is 11.7. The summed E-state index contributed by atoms with van der Waals surface area (Å²) in [7, 11) is -1.06. The molecule has 1 heterocycles. The second kappa shape index (κ2) is 4.18. The van der Waals surface area contributed by atoms with Crippen molar-refractivity contribution in [2.45, 2.75) is 19.6 Å². The standard InChI is InChI=1S/C13H17NO2S/c1-4-17(15,16)9-12-8-11-7-10(2)5-6-13(11)14(12)3/h5-8H,4,9H2,1-3H3. The molecule has 1 aromatic heterocycles. The first-order chi connectivity index (χ1) is 7.93. The summed E-state index contributed by atoms with van der Waals surface area (Å²) in [5.74, 6) is 0.307. The summed E-state index contributed by atoms with van der Waals surface area (Å²) in [4.78, 5) is 0. The second-order valence-electron chi connectivity index (χ2n) is 4.43. The van der Waals surface area contributed by atoms with Crippen LogP contribution in [0.15, 0.2) is 24.3 Å². The number of benzene rings is 1. The summed E-state index contributed by atoms with van der Waals surface area (Å²) in [6.45, 7) is 3.72. The van der Waals surface area contributed by atoms with Gasteiger partial charge in [0.05, 0.1) is 5.75 Å². The highest BCUT2D eigenvalue weighted by molar-refractivity contribution is 7.90. The van der Waals surface area contributed by atoms with E-state index in [1.54, 1.807) is 6.92 Å². The van der Waals surface area contributed by atoms with Crippen molar-refractivity contribution in [3.63, 3.8) is 0 Å². The van der Waals surface area contributed by atoms with Crippen molar-refractivity contribution in [2.75, 3.05) is 5.75 Å². The van der Waals surface area contributed by atoms with Crippen molar-refractivity contribution in [1.82, 2.24) is 4.57 Å². The van der Waals surface area contributed by atoms with Crippen molar-refractivity contribution in [1.29, 1.82) is 0 Å². The molecule has 0 amide bonds. The summed E-state index contributed by atoms with van der Waals surface area (Å²) in [5.41, 5.74) is 3.12. The SMILES string of the molecule is CCS(=O)(=O)Cc1cc2cc(C)ccc2n1C. The molecule has 0 saturated heterocycles. The summed E-state index contributed by atoms with van der Waals surface area (Å²) in [5, 5.41) is 1.11. The van der Waals surface area contributed by atoms with Crippen LogP contribution >= 0.6 is 0 Å². The first-order valence-corrected chi connectivity index (χ1v) is 7.50. The molecule has 0 spiro atoms. The Kier molecular flexibility index (Phi) is 3.00. The minimum absolute atomic E-state index is 0.119. The number of hydrogen-bond acceptors (Lipinski definition) is 2. The third kappa shape index (κ3) is 2.36. The first kappa shape index (κ1) is 12.2. The van der Waals surface area contributed by atoms with Crippen LogP contribution in [0.25, 0.3) is 10.9 Å². The van der Waals surface area contributed by atoms with Crippen LogP contribution in [0.5, 0.6) is 0 Å². The summed E-state index contributed by atoms with van der Waals surface area (Å²) in [6.07, 6.45) is 0. The van der Waals surface area contributed by atoms with Gasteiger partial charge in [0, 0.05) is 29.4 Å². The van der Waals surface area contributed by atoms with E-state index in [2.05, 4.69) is 6.07 Å². The van der Waals surface area contributed by atoms with Gasteiger partial charge in [-0.15, -0.1) is 0 Å². The fraction of sp³-hybridized carbons (Fsp3) is 0.385. The Bertz CT molecular complexity index is 653. The predicted molar refractivity (Wildman–Crippen MR) is 70.8 cm³/mol. The van der Waals surface area contributed by atoms with Gasteiger partial charge in [0.25, 0.3) is 0 Å². The molecule has 2 aromatic rings. The van der Waals surface area contributed by atoms with Gasteiger partial charge in [-0.1, -0.05) is 18.6 Å². The molecule has 1 aromatic carbocycles. The Labute approximate surface area is 102 Å². The van der Waals surface area contributed by atoms with E-state index in [1.807, 2.05) is 36.7 Å². The normalized spacial score (nSPS) is 12.2. The van der Waals surface area contributed by atoms with Gasteiger partial charge in [-0.25, -0.2) is 8.42 Å². The molecule has 0 unspecified atom stereocenters. The number of fused-ring (bicyclic) bond motifs is 1. The van der Waals surface area contributed by atoms with Gasteiger partial charge >= 0.3 is 0 Å². The van der Waals surface area contributed by atoms with Crippen molar-refractivity contribution in [3.8, 4) is 0 Å². The number of aryl methyl sites for hydroxylation is 2. The largest absolute Gasteiger partial charge is 0.347 e. The van der Waals surface area contributed by atoms with E-state index in [9.17, 15) is 8.42 Å². The van der Waals surface area contributed by atoms with Gasteiger partial charge < -0.3 is 4.57 Å². The summed E-state index contributed by atoms with van der Waals surface area (Å²) < 4.78 is 25.3. The molecule has 0 radical (unpaired) electrons. The second-order valence-corrected chi connectivity index (χ2v) is 6.79. The van der Waals surface area contributed by atoms with Crippen LogP contribution in [0.2, 0.25) is 0 Å². The summed E-state index contributed by atoms with van der Waals surface area (Å²) in [6, 6.07) is 8.13. The van der Waals surface area contributed by atoms with Gasteiger partial charge in [-0.05, 0) is 25.1 Å². The predicted octanol–water partition coefficient (Wildman–Crippen LogP) is 2.42. The van der Waals surface area contributed by atoms with E-state index in [0.29, 0.717) is 0 Å². The first-order valence-electron chi connectivity index (χ1n) is 5.68. The molecule has 17 heavy (non-hydrogen) atoms. The monoisotopic (exact) mass is 251 g/mol. The zero-order valence-corrected chi connectivity index (χ0v) is 11.2. The average Bonchev–Trinajstić information content (AvgIpc) is 2.55. The zero-order valence-electron chi connectivity index (χ0n) is 10.4. The van der Waals surface area contributed by atoms with E-state index in [0.717, 1.165) is 16.6 Å². The van der Waals surface area contributed by atoms with Crippen LogP contribution in [0.1, 0.15) is 18.2 Å². The van der Waals surface area contributed by atoms with E-state index >= 15 is 0 Å². The van der Waals surface area contributed by atoms with Crippen LogP contribution in [0, 0.1) is 6.92 Å². The van der Waals surface area contributed by atoms with Crippen molar-refractivity contribution in [2.24, 2.45) is 7.05 Å². The molecule has 0 aliphatic heterocycles. The van der Waals surface area contributed by atoms with Crippen LogP contribution in [-0.4, -0.2) is 18.7 Å². The molecular formula is C13H17NO2S. The Hall–Kier alpha value is -1.29. The minimum atomic E-state index is -2.97. The lowest BCUT2D eigenvalue weighted by atomic mass is 10.2. The molecule has 0 N–H and O–H groups in total. The molecular weight excluding hydrogens is 234 g/mol. The maximum Gasteiger partial charge on any atom is 0.155 e. The quantitative estimate of drug-likeness (QED) is 0.840. The molecule has 0 aliphatic rings. The van der Waals surface area contributed by atoms with Crippen molar-refractivity contribution < 1.29 is 8.42 Å². The highest BCUT2D eigenvalue weighted by Crippen LogP contribution is 2.21. The number of sulfone groups is 1. The lowest BCUT2D eigenvalue weighted by Crippen LogP contribution is -2.09. The van der Waals surface area contributed by atoms with Gasteiger partial charge in [0.1, 0.15) is 0 Å². The van der Waals surface area contributed by atoms with E-state index in [4.69, 9.17) is 0 Å². The van der Waals surface area contributed by atoms with E-state index in [1.165, 1.54) is 5.56 Å². The average molecular weight is 251 g/mol. The molecule has 0 saturated carbocycles. The maximum atomic E-state index is 11.7. The lowest BCUT2D eigenvalue weighted by molar-refractivity contribution is 0.595. The Morgan fingerprint density at radius 2 is 1.94 bits per heavy atom. The van der Waals surface area contributed by atoms with Crippen LogP contribution in [0.4, 0.5) is 0 Å². The number of aromatic nitrogens is 1. The third-order valence-corrected chi connectivity index (χ3v) is 4.72. The Morgan fingerprint density at radius 1 is 1.24 bits per heavy atom. The fourth-order valence-corrected chi connectivity index (χ4v) is 2.92. The molecule has 4 heteroatoms. The van der Waals surface area contributed by atoms with E-state index < -0.39 is 9.84 Å². The molecule has 2 rings (SSSR count). The van der Waals surface area contributed by atoms with Gasteiger partial charge in [-0.2, -0.15) is 0 Å². The van der Waals surface area contributed by atoms with Gasteiger partial charge in [0.2, 0.25) is 0 Å². The van der Waals surface area contributed by atoms with Crippen LogP contribution in [-0.2, 0) is 22.6 Å². The van der Waals surface area contributed by atoms with Crippen molar-refractivity contribution in [3.05, 3.63) is 35.5 Å².